The van der Waals surface area contributed by atoms with Crippen molar-refractivity contribution in [1.29, 1.82) is 0 Å². The Balaban J connectivity index is 1.56. The second-order valence-corrected chi connectivity index (χ2v) is 6.87. The topological polar surface area (TPSA) is 52.6 Å². The maximum absolute atomic E-state index is 12.4. The number of benzene rings is 3. The molecule has 0 spiro atoms. The van der Waals surface area contributed by atoms with Crippen molar-refractivity contribution in [3.63, 3.8) is 0 Å². The Morgan fingerprint density at radius 3 is 1.86 bits per heavy atom. The van der Waals surface area contributed by atoms with E-state index in [-0.39, 0.29) is 5.78 Å². The highest BCUT2D eigenvalue weighted by molar-refractivity contribution is 5.96. The zero-order valence-electron chi connectivity index (χ0n) is 15.8. The average molecular weight is 372 g/mol. The fourth-order valence-corrected chi connectivity index (χ4v) is 3.55. The lowest BCUT2D eigenvalue weighted by molar-refractivity contribution is 0.0734. The van der Waals surface area contributed by atoms with Crippen molar-refractivity contribution in [2.24, 2.45) is 0 Å². The minimum Gasteiger partial charge on any atom is -0.497 e. The molecule has 0 amide bonds. The Hall–Kier alpha value is -3.40. The van der Waals surface area contributed by atoms with E-state index >= 15 is 0 Å². The van der Waals surface area contributed by atoms with Crippen LogP contribution < -0.4 is 9.47 Å². The van der Waals surface area contributed by atoms with Crippen molar-refractivity contribution >= 4 is 11.8 Å². The van der Waals surface area contributed by atoms with E-state index < -0.39 is 5.97 Å². The van der Waals surface area contributed by atoms with Crippen LogP contribution in [0.15, 0.2) is 60.7 Å². The molecule has 1 aliphatic carbocycles. The van der Waals surface area contributed by atoms with Crippen LogP contribution in [-0.4, -0.2) is 18.9 Å². The number of hydrogen-bond acceptors (Lipinski definition) is 4. The molecule has 0 N–H and O–H groups in total. The van der Waals surface area contributed by atoms with Gasteiger partial charge in [0.1, 0.15) is 11.5 Å². The second kappa shape index (κ2) is 7.31. The molecule has 3 aromatic carbocycles. The van der Waals surface area contributed by atoms with Gasteiger partial charge in [0.05, 0.1) is 12.7 Å². The minimum atomic E-state index is -0.434. The van der Waals surface area contributed by atoms with Crippen molar-refractivity contribution in [2.45, 2.75) is 19.8 Å². The summed E-state index contributed by atoms with van der Waals surface area (Å²) in [6.07, 6.45) is 1.80. The third kappa shape index (κ3) is 3.41. The number of aryl methyl sites for hydroxylation is 2. The molecule has 3 aromatic rings. The third-order valence-electron chi connectivity index (χ3n) is 5.08. The van der Waals surface area contributed by atoms with Crippen molar-refractivity contribution in [3.8, 4) is 22.6 Å². The highest BCUT2D eigenvalue weighted by atomic mass is 16.5. The van der Waals surface area contributed by atoms with Gasteiger partial charge in [0.15, 0.2) is 5.78 Å². The number of Topliss-reactive ketones (excluding diaryl/α,β-unsaturated/α-hetero) is 1. The maximum Gasteiger partial charge on any atom is 0.343 e. The number of fused-ring (bicyclic) bond motifs is 3. The fourth-order valence-electron chi connectivity index (χ4n) is 3.55. The molecule has 28 heavy (non-hydrogen) atoms. The van der Waals surface area contributed by atoms with E-state index in [1.807, 2.05) is 24.3 Å². The molecule has 0 saturated heterocycles. The van der Waals surface area contributed by atoms with Gasteiger partial charge in [-0.25, -0.2) is 4.79 Å². The normalized spacial score (nSPS) is 11.9. The SMILES string of the molecule is COc1ccc2c(c1)CCc1cc(OC(=O)c3ccc(C(C)=O)cc3)ccc1-2. The summed E-state index contributed by atoms with van der Waals surface area (Å²) < 4.78 is 10.9. The Morgan fingerprint density at radius 2 is 1.29 bits per heavy atom. The van der Waals surface area contributed by atoms with Gasteiger partial charge in [-0.3, -0.25) is 4.79 Å². The maximum atomic E-state index is 12.4. The molecule has 0 bridgehead atoms. The smallest absolute Gasteiger partial charge is 0.343 e. The van der Waals surface area contributed by atoms with Crippen LogP contribution in [0.5, 0.6) is 11.5 Å². The van der Waals surface area contributed by atoms with Crippen LogP contribution in [0.1, 0.15) is 38.8 Å². The van der Waals surface area contributed by atoms with Crippen molar-refractivity contribution in [2.75, 3.05) is 7.11 Å². The molecule has 4 rings (SSSR count). The van der Waals surface area contributed by atoms with Gasteiger partial charge >= 0.3 is 5.97 Å². The first kappa shape index (κ1) is 18.0. The molecule has 4 nitrogen and oxygen atoms in total. The summed E-state index contributed by atoms with van der Waals surface area (Å²) >= 11 is 0. The van der Waals surface area contributed by atoms with E-state index in [9.17, 15) is 9.59 Å². The molecule has 0 radical (unpaired) electrons. The predicted molar refractivity (Wildman–Crippen MR) is 107 cm³/mol. The molecule has 0 unspecified atom stereocenters. The zero-order chi connectivity index (χ0) is 19.7. The Bertz CT molecular complexity index is 1060. The number of hydrogen-bond donors (Lipinski definition) is 0. The van der Waals surface area contributed by atoms with E-state index in [0.29, 0.717) is 16.9 Å². The first-order chi connectivity index (χ1) is 13.5. The lowest BCUT2D eigenvalue weighted by Gasteiger charge is -2.21. The minimum absolute atomic E-state index is 0.0347. The fraction of sp³-hybridized carbons (Fsp3) is 0.167. The van der Waals surface area contributed by atoms with Crippen LogP contribution in [0.25, 0.3) is 11.1 Å². The van der Waals surface area contributed by atoms with Crippen LogP contribution in [0, 0.1) is 0 Å². The summed E-state index contributed by atoms with van der Waals surface area (Å²) in [6.45, 7) is 1.49. The number of esters is 1. The van der Waals surface area contributed by atoms with Gasteiger partial charge in [-0.1, -0.05) is 24.3 Å². The van der Waals surface area contributed by atoms with Gasteiger partial charge < -0.3 is 9.47 Å². The predicted octanol–water partition coefficient (Wildman–Crippen LogP) is 4.88. The van der Waals surface area contributed by atoms with E-state index in [0.717, 1.165) is 29.7 Å². The van der Waals surface area contributed by atoms with Gasteiger partial charge in [0, 0.05) is 5.56 Å². The van der Waals surface area contributed by atoms with Gasteiger partial charge in [-0.15, -0.1) is 0 Å². The van der Waals surface area contributed by atoms with E-state index in [2.05, 4.69) is 12.1 Å². The molecule has 0 heterocycles. The van der Waals surface area contributed by atoms with E-state index in [1.54, 1.807) is 31.4 Å². The molecule has 0 fully saturated rings. The molecule has 1 aliphatic rings. The quantitative estimate of drug-likeness (QED) is 0.372. The van der Waals surface area contributed by atoms with Gasteiger partial charge in [-0.05, 0) is 78.4 Å². The summed E-state index contributed by atoms with van der Waals surface area (Å²) in [5.74, 6) is 0.920. The average Bonchev–Trinajstić information content (AvgIpc) is 2.73. The first-order valence-electron chi connectivity index (χ1n) is 9.18. The Morgan fingerprint density at radius 1 is 0.750 bits per heavy atom. The summed E-state index contributed by atoms with van der Waals surface area (Å²) in [4.78, 5) is 23.8. The number of methoxy groups -OCH3 is 1. The van der Waals surface area contributed by atoms with Gasteiger partial charge in [0.25, 0.3) is 0 Å². The third-order valence-corrected chi connectivity index (χ3v) is 5.08. The Kier molecular flexibility index (Phi) is 4.70. The van der Waals surface area contributed by atoms with Crippen LogP contribution >= 0.6 is 0 Å². The van der Waals surface area contributed by atoms with Gasteiger partial charge in [0.2, 0.25) is 0 Å². The molecule has 0 aromatic heterocycles. The van der Waals surface area contributed by atoms with Crippen LogP contribution in [0.3, 0.4) is 0 Å². The molecule has 0 saturated carbocycles. The molecule has 0 atom stereocenters. The largest absolute Gasteiger partial charge is 0.497 e. The standard InChI is InChI=1S/C24H20O4/c1-15(25)16-3-5-17(6-4-16)24(26)28-21-10-12-23-19(14-21)8-7-18-13-20(27-2)9-11-22(18)23/h3-6,9-14H,7-8H2,1-2H3. The van der Waals surface area contributed by atoms with E-state index in [4.69, 9.17) is 9.47 Å². The number of rotatable bonds is 4. The highest BCUT2D eigenvalue weighted by Gasteiger charge is 2.18. The number of carbonyl (C=O) groups excluding carboxylic acids is 2. The summed E-state index contributed by atoms with van der Waals surface area (Å²) in [5.41, 5.74) is 5.77. The number of carbonyl (C=O) groups is 2. The lowest BCUT2D eigenvalue weighted by Crippen LogP contribution is -2.10. The molecular weight excluding hydrogens is 352 g/mol. The van der Waals surface area contributed by atoms with Gasteiger partial charge in [-0.2, -0.15) is 0 Å². The first-order valence-corrected chi connectivity index (χ1v) is 9.18. The van der Waals surface area contributed by atoms with Crippen molar-refractivity contribution in [1.82, 2.24) is 0 Å². The molecule has 140 valence electrons. The summed E-state index contributed by atoms with van der Waals surface area (Å²) in [6, 6.07) is 18.4. The Labute approximate surface area is 163 Å². The second-order valence-electron chi connectivity index (χ2n) is 6.87. The lowest BCUT2D eigenvalue weighted by atomic mass is 9.85. The molecule has 4 heteroatoms. The number of ether oxygens (including phenoxy) is 2. The summed E-state index contributed by atoms with van der Waals surface area (Å²) in [7, 11) is 1.67. The van der Waals surface area contributed by atoms with Crippen LogP contribution in [0.4, 0.5) is 0 Å². The highest BCUT2D eigenvalue weighted by Crippen LogP contribution is 2.37. The molecule has 0 aliphatic heterocycles. The van der Waals surface area contributed by atoms with Crippen molar-refractivity contribution in [3.05, 3.63) is 82.9 Å². The van der Waals surface area contributed by atoms with Crippen LogP contribution in [-0.2, 0) is 12.8 Å². The zero-order valence-corrected chi connectivity index (χ0v) is 15.8. The van der Waals surface area contributed by atoms with Crippen molar-refractivity contribution < 1.29 is 19.1 Å². The monoisotopic (exact) mass is 372 g/mol. The number of ketones is 1. The molecular formula is C24H20O4. The van der Waals surface area contributed by atoms with Crippen LogP contribution in [0.2, 0.25) is 0 Å². The summed E-state index contributed by atoms with van der Waals surface area (Å²) in [5, 5.41) is 0. The van der Waals surface area contributed by atoms with E-state index in [1.165, 1.54) is 18.1 Å².